The molecule has 2 aromatic heterocycles. The van der Waals surface area contributed by atoms with Gasteiger partial charge < -0.3 is 13.8 Å². The lowest BCUT2D eigenvalue weighted by molar-refractivity contribution is 0.402. The van der Waals surface area contributed by atoms with Crippen LogP contribution in [0.3, 0.4) is 0 Å². The van der Waals surface area contributed by atoms with Gasteiger partial charge in [0.15, 0.2) is 0 Å². The lowest BCUT2D eigenvalue weighted by atomic mass is 10.1. The summed E-state index contributed by atoms with van der Waals surface area (Å²) < 4.78 is 10.7. The summed E-state index contributed by atoms with van der Waals surface area (Å²) in [5.41, 5.74) is 2.14. The highest BCUT2D eigenvalue weighted by Crippen LogP contribution is 2.18. The van der Waals surface area contributed by atoms with Crippen molar-refractivity contribution in [2.45, 2.75) is 26.3 Å². The minimum Gasteiger partial charge on any atom is -0.421 e. The molecule has 0 fully saturated rings. The van der Waals surface area contributed by atoms with Crippen molar-refractivity contribution in [3.63, 3.8) is 0 Å². The smallest absolute Gasteiger partial charge is 0.251 e. The molecule has 0 saturated carbocycles. The Hall–Kier alpha value is -2.80. The summed E-state index contributed by atoms with van der Waals surface area (Å²) in [5, 5.41) is 11.9. The molecule has 0 atom stereocenters. The molecule has 3 rings (SSSR count). The van der Waals surface area contributed by atoms with Crippen molar-refractivity contribution in [2.24, 2.45) is 0 Å². The van der Waals surface area contributed by atoms with Gasteiger partial charge in [-0.05, 0) is 19.7 Å². The SMILES string of the molecule is CC(C)c1nnc(/C=C/c2nc(-c3ccc(CN(C)C)cc3)no2)o1. The van der Waals surface area contributed by atoms with Crippen molar-refractivity contribution in [1.82, 2.24) is 25.2 Å². The highest BCUT2D eigenvalue weighted by atomic mass is 16.5. The molecule has 0 amide bonds. The minimum absolute atomic E-state index is 0.195. The molecule has 0 bridgehead atoms. The molecule has 0 aliphatic heterocycles. The van der Waals surface area contributed by atoms with E-state index in [1.807, 2.05) is 40.1 Å². The predicted octanol–water partition coefficient (Wildman–Crippen LogP) is 3.48. The number of hydrogen-bond acceptors (Lipinski definition) is 7. The van der Waals surface area contributed by atoms with Crippen molar-refractivity contribution >= 4 is 12.2 Å². The number of aromatic nitrogens is 4. The summed E-state index contributed by atoms with van der Waals surface area (Å²) in [6, 6.07) is 8.11. The van der Waals surface area contributed by atoms with Crippen LogP contribution in [0, 0.1) is 0 Å². The van der Waals surface area contributed by atoms with Gasteiger partial charge in [0.2, 0.25) is 17.6 Å². The third-order valence-corrected chi connectivity index (χ3v) is 3.47. The minimum atomic E-state index is 0.195. The zero-order valence-corrected chi connectivity index (χ0v) is 14.8. The van der Waals surface area contributed by atoms with Crippen molar-refractivity contribution in [3.05, 3.63) is 47.5 Å². The van der Waals surface area contributed by atoms with E-state index in [-0.39, 0.29) is 5.92 Å². The summed E-state index contributed by atoms with van der Waals surface area (Å²) >= 11 is 0. The number of nitrogens with zero attached hydrogens (tertiary/aromatic N) is 5. The van der Waals surface area contributed by atoms with Gasteiger partial charge in [-0.25, -0.2) is 0 Å². The van der Waals surface area contributed by atoms with Crippen molar-refractivity contribution in [1.29, 1.82) is 0 Å². The molecule has 130 valence electrons. The first kappa shape index (κ1) is 17.0. The number of hydrogen-bond donors (Lipinski definition) is 0. The van der Waals surface area contributed by atoms with E-state index in [1.54, 1.807) is 12.2 Å². The zero-order valence-electron chi connectivity index (χ0n) is 14.8. The summed E-state index contributed by atoms with van der Waals surface area (Å²) in [7, 11) is 4.08. The topological polar surface area (TPSA) is 81.1 Å². The molecule has 0 aliphatic carbocycles. The molecule has 0 N–H and O–H groups in total. The summed E-state index contributed by atoms with van der Waals surface area (Å²) in [4.78, 5) is 6.48. The summed E-state index contributed by atoms with van der Waals surface area (Å²) in [5.74, 6) is 2.14. The maximum absolute atomic E-state index is 5.50. The Morgan fingerprint density at radius 2 is 1.76 bits per heavy atom. The van der Waals surface area contributed by atoms with E-state index in [0.29, 0.717) is 23.5 Å². The Kier molecular flexibility index (Phi) is 5.04. The molecule has 0 saturated heterocycles. The second kappa shape index (κ2) is 7.40. The van der Waals surface area contributed by atoms with Crippen LogP contribution in [-0.2, 0) is 6.54 Å². The molecular formula is C18H21N5O2. The molecule has 0 unspecified atom stereocenters. The molecule has 7 nitrogen and oxygen atoms in total. The van der Waals surface area contributed by atoms with Gasteiger partial charge >= 0.3 is 0 Å². The van der Waals surface area contributed by atoms with Gasteiger partial charge in [-0.2, -0.15) is 4.98 Å². The van der Waals surface area contributed by atoms with Crippen LogP contribution in [0.2, 0.25) is 0 Å². The van der Waals surface area contributed by atoms with E-state index < -0.39 is 0 Å². The molecule has 7 heteroatoms. The highest BCUT2D eigenvalue weighted by Gasteiger charge is 2.09. The van der Waals surface area contributed by atoms with E-state index >= 15 is 0 Å². The summed E-state index contributed by atoms with van der Waals surface area (Å²) in [6.45, 7) is 4.88. The zero-order chi connectivity index (χ0) is 17.8. The van der Waals surface area contributed by atoms with Gasteiger partial charge in [-0.3, -0.25) is 0 Å². The van der Waals surface area contributed by atoms with Crippen LogP contribution in [0.25, 0.3) is 23.5 Å². The molecule has 3 aromatic rings. The first-order chi connectivity index (χ1) is 12.0. The Labute approximate surface area is 146 Å². The maximum Gasteiger partial charge on any atom is 0.251 e. The Balaban J connectivity index is 1.70. The van der Waals surface area contributed by atoms with Crippen LogP contribution < -0.4 is 0 Å². The Morgan fingerprint density at radius 1 is 1.04 bits per heavy atom. The molecule has 2 heterocycles. The van der Waals surface area contributed by atoms with Gasteiger partial charge in [0.05, 0.1) is 0 Å². The van der Waals surface area contributed by atoms with E-state index in [0.717, 1.165) is 12.1 Å². The molecular weight excluding hydrogens is 318 g/mol. The third-order valence-electron chi connectivity index (χ3n) is 3.47. The fourth-order valence-electron chi connectivity index (χ4n) is 2.23. The molecule has 0 spiro atoms. The van der Waals surface area contributed by atoms with Gasteiger partial charge in [0.1, 0.15) is 0 Å². The van der Waals surface area contributed by atoms with E-state index in [2.05, 4.69) is 37.4 Å². The number of benzene rings is 1. The van der Waals surface area contributed by atoms with Gasteiger partial charge in [-0.15, -0.1) is 10.2 Å². The lowest BCUT2D eigenvalue weighted by Crippen LogP contribution is -2.10. The van der Waals surface area contributed by atoms with E-state index in [4.69, 9.17) is 8.94 Å². The predicted molar refractivity (Wildman–Crippen MR) is 94.4 cm³/mol. The van der Waals surface area contributed by atoms with Crippen LogP contribution in [0.4, 0.5) is 0 Å². The van der Waals surface area contributed by atoms with Gasteiger partial charge in [-0.1, -0.05) is 43.3 Å². The lowest BCUT2D eigenvalue weighted by Gasteiger charge is -2.09. The van der Waals surface area contributed by atoms with Crippen LogP contribution in [0.5, 0.6) is 0 Å². The van der Waals surface area contributed by atoms with E-state index in [1.165, 1.54) is 5.56 Å². The van der Waals surface area contributed by atoms with Crippen molar-refractivity contribution in [3.8, 4) is 11.4 Å². The van der Waals surface area contributed by atoms with Crippen LogP contribution in [-0.4, -0.2) is 39.3 Å². The Bertz CT molecular complexity index is 846. The fraction of sp³-hybridized carbons (Fsp3) is 0.333. The van der Waals surface area contributed by atoms with Crippen molar-refractivity contribution in [2.75, 3.05) is 14.1 Å². The largest absolute Gasteiger partial charge is 0.421 e. The third kappa shape index (κ3) is 4.39. The molecule has 0 aliphatic rings. The van der Waals surface area contributed by atoms with Crippen LogP contribution >= 0.6 is 0 Å². The quantitative estimate of drug-likeness (QED) is 0.680. The fourth-order valence-corrected chi connectivity index (χ4v) is 2.23. The van der Waals surface area contributed by atoms with E-state index in [9.17, 15) is 0 Å². The monoisotopic (exact) mass is 339 g/mol. The average molecular weight is 339 g/mol. The molecule has 1 aromatic carbocycles. The van der Waals surface area contributed by atoms with Crippen LogP contribution in [0.15, 0.2) is 33.2 Å². The van der Waals surface area contributed by atoms with Gasteiger partial charge in [0.25, 0.3) is 5.89 Å². The normalized spacial score (nSPS) is 11.9. The second-order valence-corrected chi connectivity index (χ2v) is 6.36. The number of rotatable bonds is 6. The van der Waals surface area contributed by atoms with Crippen molar-refractivity contribution < 1.29 is 8.94 Å². The Morgan fingerprint density at radius 3 is 2.40 bits per heavy atom. The first-order valence-electron chi connectivity index (χ1n) is 8.10. The molecule has 25 heavy (non-hydrogen) atoms. The van der Waals surface area contributed by atoms with Gasteiger partial charge in [0, 0.05) is 30.2 Å². The first-order valence-corrected chi connectivity index (χ1v) is 8.10. The highest BCUT2D eigenvalue weighted by molar-refractivity contribution is 5.63. The molecule has 0 radical (unpaired) electrons. The standard InChI is InChI=1S/C18H21N5O2/c1-12(2)18-21-20-16(24-18)10-9-15-19-17(22-25-15)14-7-5-13(6-8-14)11-23(3)4/h5-10,12H,11H2,1-4H3/b10-9+. The maximum atomic E-state index is 5.50. The summed E-state index contributed by atoms with van der Waals surface area (Å²) in [6.07, 6.45) is 3.32. The van der Waals surface area contributed by atoms with Crippen LogP contribution in [0.1, 0.15) is 43.0 Å². The second-order valence-electron chi connectivity index (χ2n) is 6.36. The average Bonchev–Trinajstić information content (AvgIpc) is 3.22.